The van der Waals surface area contributed by atoms with Gasteiger partial charge >= 0.3 is 11.9 Å². The summed E-state index contributed by atoms with van der Waals surface area (Å²) in [5.74, 6) is 0.219. The molecule has 0 aromatic carbocycles. The van der Waals surface area contributed by atoms with E-state index >= 15 is 0 Å². The van der Waals surface area contributed by atoms with Gasteiger partial charge in [0.25, 0.3) is 0 Å². The SMILES string of the molecule is CCCCCCC(CCCC)C(=O)OCCCCCCN(CCO)CCCCCCOC(=O)C(CCCC)CCCCCC. The first kappa shape index (κ1) is 42.9. The van der Waals surface area contributed by atoms with Crippen molar-refractivity contribution >= 4 is 11.9 Å². The summed E-state index contributed by atoms with van der Waals surface area (Å²) in [7, 11) is 0. The second-order valence-electron chi connectivity index (χ2n) is 13.1. The van der Waals surface area contributed by atoms with Crippen LogP contribution < -0.4 is 0 Å². The molecule has 0 aliphatic rings. The van der Waals surface area contributed by atoms with Crippen LogP contribution in [-0.4, -0.2) is 61.4 Å². The number of ether oxygens (including phenoxy) is 2. The van der Waals surface area contributed by atoms with Crippen LogP contribution in [-0.2, 0) is 19.1 Å². The fraction of sp³-hybridized carbons (Fsp3) is 0.947. The Bertz CT molecular complexity index is 578. The van der Waals surface area contributed by atoms with Gasteiger partial charge < -0.3 is 19.5 Å². The van der Waals surface area contributed by atoms with E-state index in [1.54, 1.807) is 0 Å². The van der Waals surface area contributed by atoms with E-state index in [9.17, 15) is 14.7 Å². The van der Waals surface area contributed by atoms with Crippen molar-refractivity contribution < 1.29 is 24.2 Å². The second-order valence-corrected chi connectivity index (χ2v) is 13.1. The molecule has 0 spiro atoms. The Kier molecular flexibility index (Phi) is 32.4. The summed E-state index contributed by atoms with van der Waals surface area (Å²) < 4.78 is 11.3. The van der Waals surface area contributed by atoms with Crippen molar-refractivity contribution in [3.63, 3.8) is 0 Å². The van der Waals surface area contributed by atoms with Gasteiger partial charge in [0.1, 0.15) is 0 Å². The van der Waals surface area contributed by atoms with Gasteiger partial charge in [-0.3, -0.25) is 9.59 Å². The Balaban J connectivity index is 4.03. The monoisotopic (exact) mass is 626 g/mol. The van der Waals surface area contributed by atoms with Crippen molar-refractivity contribution in [3.05, 3.63) is 0 Å². The van der Waals surface area contributed by atoms with E-state index in [4.69, 9.17) is 9.47 Å². The van der Waals surface area contributed by atoms with Gasteiger partial charge in [-0.15, -0.1) is 0 Å². The topological polar surface area (TPSA) is 76.1 Å². The molecule has 0 aliphatic heterocycles. The molecule has 0 saturated carbocycles. The van der Waals surface area contributed by atoms with E-state index < -0.39 is 0 Å². The zero-order valence-corrected chi connectivity index (χ0v) is 29.9. The molecule has 0 radical (unpaired) electrons. The van der Waals surface area contributed by atoms with Crippen LogP contribution in [0, 0.1) is 11.8 Å². The van der Waals surface area contributed by atoms with E-state index in [2.05, 4.69) is 32.6 Å². The molecule has 0 rings (SSSR count). The quantitative estimate of drug-likeness (QED) is 0.0566. The predicted octanol–water partition coefficient (Wildman–Crippen LogP) is 10.0. The minimum absolute atomic E-state index is 0.0243. The number of hydrogen-bond donors (Lipinski definition) is 1. The zero-order valence-electron chi connectivity index (χ0n) is 29.9. The fourth-order valence-corrected chi connectivity index (χ4v) is 5.94. The van der Waals surface area contributed by atoms with Crippen molar-refractivity contribution in [2.75, 3.05) is 39.5 Å². The largest absolute Gasteiger partial charge is 0.465 e. The van der Waals surface area contributed by atoms with Crippen LogP contribution in [0.5, 0.6) is 0 Å². The molecule has 44 heavy (non-hydrogen) atoms. The summed E-state index contributed by atoms with van der Waals surface area (Å²) in [5.41, 5.74) is 0. The van der Waals surface area contributed by atoms with Gasteiger partial charge in [0.2, 0.25) is 0 Å². The van der Waals surface area contributed by atoms with E-state index in [-0.39, 0.29) is 30.4 Å². The first-order chi connectivity index (χ1) is 21.5. The maximum Gasteiger partial charge on any atom is 0.308 e. The van der Waals surface area contributed by atoms with Gasteiger partial charge in [-0.05, 0) is 64.5 Å². The van der Waals surface area contributed by atoms with E-state index in [1.807, 2.05) is 0 Å². The van der Waals surface area contributed by atoms with Crippen LogP contribution in [0.1, 0.15) is 182 Å². The van der Waals surface area contributed by atoms with Crippen LogP contribution in [0.3, 0.4) is 0 Å². The maximum atomic E-state index is 12.6. The lowest BCUT2D eigenvalue weighted by Gasteiger charge is -2.21. The molecule has 0 aliphatic carbocycles. The summed E-state index contributed by atoms with van der Waals surface area (Å²) in [6, 6.07) is 0. The number of aliphatic hydroxyl groups is 1. The highest BCUT2D eigenvalue weighted by atomic mass is 16.5. The molecule has 0 fully saturated rings. The van der Waals surface area contributed by atoms with Crippen LogP contribution in [0.15, 0.2) is 0 Å². The third-order valence-electron chi connectivity index (χ3n) is 8.93. The standard InChI is InChI=1S/C38H75NO5/c1-5-9-13-19-27-35(25-11-7-3)37(41)43-33-23-17-15-21-29-39(31-32-40)30-22-16-18-24-34-44-38(42)36(26-12-8-4)28-20-14-10-6-2/h35-36,40H,5-34H2,1-4H3. The summed E-state index contributed by atoms with van der Waals surface area (Å²) in [4.78, 5) is 27.6. The Labute approximate surface area is 273 Å². The third kappa shape index (κ3) is 26.1. The lowest BCUT2D eigenvalue weighted by atomic mass is 9.95. The summed E-state index contributed by atoms with van der Waals surface area (Å²) in [5, 5.41) is 9.51. The fourth-order valence-electron chi connectivity index (χ4n) is 5.94. The molecule has 0 amide bonds. The molecule has 0 bridgehead atoms. The maximum absolute atomic E-state index is 12.6. The van der Waals surface area contributed by atoms with Gasteiger partial charge in [-0.1, -0.05) is 130 Å². The molecule has 0 aromatic heterocycles. The molecule has 6 heteroatoms. The average molecular weight is 626 g/mol. The third-order valence-corrected chi connectivity index (χ3v) is 8.93. The minimum atomic E-state index is 0.0243. The number of esters is 2. The molecule has 2 atom stereocenters. The molecule has 262 valence electrons. The van der Waals surface area contributed by atoms with Gasteiger partial charge in [-0.25, -0.2) is 0 Å². The zero-order chi connectivity index (χ0) is 32.5. The second kappa shape index (κ2) is 33.2. The first-order valence-electron chi connectivity index (χ1n) is 19.2. The predicted molar refractivity (Wildman–Crippen MR) is 186 cm³/mol. The lowest BCUT2D eigenvalue weighted by molar-refractivity contribution is -0.150. The Hall–Kier alpha value is -1.14. The van der Waals surface area contributed by atoms with Crippen molar-refractivity contribution in [2.45, 2.75) is 182 Å². The minimum Gasteiger partial charge on any atom is -0.465 e. The first-order valence-corrected chi connectivity index (χ1v) is 19.2. The van der Waals surface area contributed by atoms with Crippen molar-refractivity contribution in [2.24, 2.45) is 11.8 Å². The number of carbonyl (C=O) groups excluding carboxylic acids is 2. The Morgan fingerprint density at radius 2 is 0.841 bits per heavy atom. The summed E-state index contributed by atoms with van der Waals surface area (Å²) in [6.07, 6.45) is 26.5. The van der Waals surface area contributed by atoms with Crippen LogP contribution in [0.2, 0.25) is 0 Å². The van der Waals surface area contributed by atoms with Gasteiger partial charge in [0.05, 0.1) is 31.7 Å². The van der Waals surface area contributed by atoms with E-state index in [0.717, 1.165) is 135 Å². The molecule has 6 nitrogen and oxygen atoms in total. The highest BCUT2D eigenvalue weighted by Gasteiger charge is 2.20. The molecular weight excluding hydrogens is 550 g/mol. The number of hydrogen-bond acceptors (Lipinski definition) is 6. The smallest absolute Gasteiger partial charge is 0.308 e. The van der Waals surface area contributed by atoms with E-state index in [1.165, 1.54) is 38.5 Å². The summed E-state index contributed by atoms with van der Waals surface area (Å²) >= 11 is 0. The van der Waals surface area contributed by atoms with Crippen molar-refractivity contribution in [1.82, 2.24) is 4.90 Å². The van der Waals surface area contributed by atoms with Crippen molar-refractivity contribution in [3.8, 4) is 0 Å². The molecule has 2 unspecified atom stereocenters. The lowest BCUT2D eigenvalue weighted by Crippen LogP contribution is -2.29. The average Bonchev–Trinajstić information content (AvgIpc) is 3.02. The molecule has 1 N–H and O–H groups in total. The number of aliphatic hydroxyl groups excluding tert-OH is 1. The van der Waals surface area contributed by atoms with Crippen molar-refractivity contribution in [1.29, 1.82) is 0 Å². The van der Waals surface area contributed by atoms with Gasteiger partial charge in [0.15, 0.2) is 0 Å². The summed E-state index contributed by atoms with van der Waals surface area (Å²) in [6.45, 7) is 12.8. The molecule has 0 aromatic rings. The highest BCUT2D eigenvalue weighted by molar-refractivity contribution is 5.72. The van der Waals surface area contributed by atoms with Crippen LogP contribution in [0.25, 0.3) is 0 Å². The number of carbonyl (C=O) groups is 2. The van der Waals surface area contributed by atoms with E-state index in [0.29, 0.717) is 13.2 Å². The number of nitrogens with zero attached hydrogens (tertiary/aromatic N) is 1. The van der Waals surface area contributed by atoms with Gasteiger partial charge in [0, 0.05) is 6.54 Å². The number of unbranched alkanes of at least 4 members (excludes halogenated alkanes) is 14. The number of rotatable bonds is 34. The van der Waals surface area contributed by atoms with Gasteiger partial charge in [-0.2, -0.15) is 0 Å². The molecular formula is C38H75NO5. The molecule has 0 saturated heterocycles. The Morgan fingerprint density at radius 3 is 1.23 bits per heavy atom. The van der Waals surface area contributed by atoms with Crippen LogP contribution >= 0.6 is 0 Å². The Morgan fingerprint density at radius 1 is 0.477 bits per heavy atom. The normalized spacial score (nSPS) is 12.9. The molecule has 0 heterocycles. The van der Waals surface area contributed by atoms with Crippen LogP contribution in [0.4, 0.5) is 0 Å². The highest BCUT2D eigenvalue weighted by Crippen LogP contribution is 2.20.